The largest absolute Gasteiger partial charge is 0.353 e. The molecule has 1 atom stereocenters. The zero-order valence-electron chi connectivity index (χ0n) is 11.2. The Balaban J connectivity index is 2.01. The van der Waals surface area contributed by atoms with Gasteiger partial charge in [0.25, 0.3) is 0 Å². The van der Waals surface area contributed by atoms with E-state index in [9.17, 15) is 14.4 Å². The van der Waals surface area contributed by atoms with Gasteiger partial charge in [-0.15, -0.1) is 11.3 Å². The van der Waals surface area contributed by atoms with Gasteiger partial charge in [0, 0.05) is 24.9 Å². The number of hydrogen-bond acceptors (Lipinski definition) is 4. The second kappa shape index (κ2) is 6.51. The molecule has 1 fully saturated rings. The molecule has 108 valence electrons. The Labute approximate surface area is 121 Å². The van der Waals surface area contributed by atoms with Crippen molar-refractivity contribution < 1.29 is 14.4 Å². The summed E-state index contributed by atoms with van der Waals surface area (Å²) in [5.41, 5.74) is 0. The lowest BCUT2D eigenvalue weighted by molar-refractivity contribution is -0.138. The second-order valence-corrected chi connectivity index (χ2v) is 5.62. The Kier molecular flexibility index (Phi) is 4.73. The number of carbonyl (C=O) groups is 3. The fraction of sp³-hybridized carbons (Fsp3) is 0.462. The van der Waals surface area contributed by atoms with Gasteiger partial charge in [-0.3, -0.25) is 14.4 Å². The minimum atomic E-state index is -0.329. The average Bonchev–Trinajstić information content (AvgIpc) is 2.91. The van der Waals surface area contributed by atoms with Crippen molar-refractivity contribution in [2.45, 2.75) is 19.4 Å². The van der Waals surface area contributed by atoms with E-state index >= 15 is 0 Å². The maximum absolute atomic E-state index is 12.2. The van der Waals surface area contributed by atoms with Crippen molar-refractivity contribution in [3.8, 4) is 0 Å². The summed E-state index contributed by atoms with van der Waals surface area (Å²) in [5.74, 6) is -0.434. The molecule has 0 bridgehead atoms. The maximum Gasteiger partial charge on any atom is 0.239 e. The summed E-state index contributed by atoms with van der Waals surface area (Å²) in [6, 6.07) is 3.44. The van der Waals surface area contributed by atoms with Gasteiger partial charge in [-0.25, -0.2) is 0 Å². The van der Waals surface area contributed by atoms with Crippen molar-refractivity contribution in [2.75, 3.05) is 19.6 Å². The third-order valence-electron chi connectivity index (χ3n) is 3.03. The maximum atomic E-state index is 12.2. The van der Waals surface area contributed by atoms with Crippen LogP contribution in [0.2, 0.25) is 0 Å². The van der Waals surface area contributed by atoms with Crippen molar-refractivity contribution in [3.05, 3.63) is 22.4 Å². The van der Waals surface area contributed by atoms with E-state index < -0.39 is 0 Å². The first-order valence-electron chi connectivity index (χ1n) is 6.41. The van der Waals surface area contributed by atoms with Crippen LogP contribution in [-0.4, -0.2) is 42.3 Å². The van der Waals surface area contributed by atoms with Crippen LogP contribution < -0.4 is 10.6 Å². The highest BCUT2D eigenvalue weighted by atomic mass is 32.1. The van der Waals surface area contributed by atoms with Gasteiger partial charge in [0.1, 0.15) is 0 Å². The highest BCUT2D eigenvalue weighted by molar-refractivity contribution is 7.10. The summed E-state index contributed by atoms with van der Waals surface area (Å²) in [7, 11) is 0. The summed E-state index contributed by atoms with van der Waals surface area (Å²) >= 11 is 1.50. The Morgan fingerprint density at radius 3 is 2.95 bits per heavy atom. The molecule has 1 aromatic heterocycles. The topological polar surface area (TPSA) is 78.5 Å². The van der Waals surface area contributed by atoms with Crippen LogP contribution in [0.15, 0.2) is 17.5 Å². The molecular weight excluding hydrogens is 278 g/mol. The van der Waals surface area contributed by atoms with E-state index in [0.29, 0.717) is 13.1 Å². The number of rotatable bonds is 4. The highest BCUT2D eigenvalue weighted by Crippen LogP contribution is 2.23. The SMILES string of the molecule is CC(=O)NC(CC(=O)N1CCNC(=O)C1)c1cccs1. The molecule has 1 unspecified atom stereocenters. The lowest BCUT2D eigenvalue weighted by Crippen LogP contribution is -2.50. The first kappa shape index (κ1) is 14.5. The summed E-state index contributed by atoms with van der Waals surface area (Å²) in [6.07, 6.45) is 0.174. The molecule has 20 heavy (non-hydrogen) atoms. The summed E-state index contributed by atoms with van der Waals surface area (Å²) in [4.78, 5) is 37.3. The van der Waals surface area contributed by atoms with Gasteiger partial charge in [0.05, 0.1) is 19.0 Å². The number of hydrogen-bond donors (Lipinski definition) is 2. The molecule has 0 saturated carbocycles. The van der Waals surface area contributed by atoms with Gasteiger partial charge in [0.15, 0.2) is 0 Å². The number of thiophene rings is 1. The Hall–Kier alpha value is -1.89. The summed E-state index contributed by atoms with van der Waals surface area (Å²) < 4.78 is 0. The predicted octanol–water partition coefficient (Wildman–Crippen LogP) is 0.274. The molecule has 6 nitrogen and oxygen atoms in total. The number of nitrogens with zero attached hydrogens (tertiary/aromatic N) is 1. The lowest BCUT2D eigenvalue weighted by atomic mass is 10.1. The van der Waals surface area contributed by atoms with Gasteiger partial charge >= 0.3 is 0 Å². The van der Waals surface area contributed by atoms with E-state index in [1.807, 2.05) is 17.5 Å². The fourth-order valence-electron chi connectivity index (χ4n) is 2.11. The third-order valence-corrected chi connectivity index (χ3v) is 4.02. The summed E-state index contributed by atoms with van der Waals surface area (Å²) in [5, 5.41) is 7.37. The van der Waals surface area contributed by atoms with Crippen LogP contribution in [0.3, 0.4) is 0 Å². The normalized spacial score (nSPS) is 16.4. The zero-order chi connectivity index (χ0) is 14.5. The van der Waals surface area contributed by atoms with Crippen molar-refractivity contribution in [1.82, 2.24) is 15.5 Å². The first-order valence-corrected chi connectivity index (χ1v) is 7.29. The van der Waals surface area contributed by atoms with Crippen LogP contribution in [0.4, 0.5) is 0 Å². The van der Waals surface area contributed by atoms with Crippen molar-refractivity contribution >= 4 is 29.1 Å². The Morgan fingerprint density at radius 1 is 1.55 bits per heavy atom. The quantitative estimate of drug-likeness (QED) is 0.837. The number of nitrogens with one attached hydrogen (secondary N) is 2. The standard InChI is InChI=1S/C13H17N3O3S/c1-9(17)15-10(11-3-2-6-20-11)7-13(19)16-5-4-14-12(18)8-16/h2-3,6,10H,4-5,7-8H2,1H3,(H,14,18)(H,15,17). The highest BCUT2D eigenvalue weighted by Gasteiger charge is 2.25. The fourth-order valence-corrected chi connectivity index (χ4v) is 2.89. The Morgan fingerprint density at radius 2 is 2.35 bits per heavy atom. The molecule has 2 N–H and O–H groups in total. The van der Waals surface area contributed by atoms with Crippen molar-refractivity contribution in [1.29, 1.82) is 0 Å². The van der Waals surface area contributed by atoms with Crippen LogP contribution in [0.1, 0.15) is 24.3 Å². The molecule has 2 heterocycles. The number of carbonyl (C=O) groups excluding carboxylic acids is 3. The third kappa shape index (κ3) is 3.80. The molecule has 3 amide bonds. The van der Waals surface area contributed by atoms with Gasteiger partial charge in [0.2, 0.25) is 17.7 Å². The predicted molar refractivity (Wildman–Crippen MR) is 75.1 cm³/mol. The van der Waals surface area contributed by atoms with E-state index in [1.54, 1.807) is 0 Å². The molecule has 2 rings (SSSR count). The van der Waals surface area contributed by atoms with Crippen LogP contribution >= 0.6 is 11.3 Å². The van der Waals surface area contributed by atoms with Gasteiger partial charge in [-0.1, -0.05) is 6.07 Å². The van der Waals surface area contributed by atoms with E-state index in [1.165, 1.54) is 23.2 Å². The lowest BCUT2D eigenvalue weighted by Gasteiger charge is -2.28. The van der Waals surface area contributed by atoms with E-state index in [0.717, 1.165) is 4.88 Å². The molecule has 1 aliphatic rings. The molecule has 0 aliphatic carbocycles. The van der Waals surface area contributed by atoms with E-state index in [2.05, 4.69) is 10.6 Å². The first-order chi connectivity index (χ1) is 9.56. The van der Waals surface area contributed by atoms with Gasteiger partial charge in [-0.2, -0.15) is 0 Å². The van der Waals surface area contributed by atoms with Gasteiger partial charge < -0.3 is 15.5 Å². The minimum absolute atomic E-state index is 0.0933. The van der Waals surface area contributed by atoms with Crippen molar-refractivity contribution in [3.63, 3.8) is 0 Å². The van der Waals surface area contributed by atoms with Crippen LogP contribution in [-0.2, 0) is 14.4 Å². The molecule has 1 aliphatic heterocycles. The van der Waals surface area contributed by atoms with Crippen molar-refractivity contribution in [2.24, 2.45) is 0 Å². The number of amides is 3. The zero-order valence-corrected chi connectivity index (χ0v) is 12.0. The van der Waals surface area contributed by atoms with E-state index in [4.69, 9.17) is 0 Å². The molecule has 0 aromatic carbocycles. The second-order valence-electron chi connectivity index (χ2n) is 4.64. The number of piperazine rings is 1. The molecule has 0 radical (unpaired) electrons. The molecule has 7 heteroatoms. The molecule has 1 saturated heterocycles. The average molecular weight is 295 g/mol. The van der Waals surface area contributed by atoms with Crippen LogP contribution in [0.25, 0.3) is 0 Å². The molecule has 1 aromatic rings. The molecule has 0 spiro atoms. The van der Waals surface area contributed by atoms with E-state index in [-0.39, 0.29) is 36.7 Å². The minimum Gasteiger partial charge on any atom is -0.353 e. The smallest absolute Gasteiger partial charge is 0.239 e. The van der Waals surface area contributed by atoms with Crippen LogP contribution in [0, 0.1) is 0 Å². The van der Waals surface area contributed by atoms with Gasteiger partial charge in [-0.05, 0) is 11.4 Å². The molecular formula is C13H17N3O3S. The summed E-state index contributed by atoms with van der Waals surface area (Å²) in [6.45, 7) is 2.52. The Bertz CT molecular complexity index is 501. The monoisotopic (exact) mass is 295 g/mol. The van der Waals surface area contributed by atoms with Crippen LogP contribution in [0.5, 0.6) is 0 Å².